The van der Waals surface area contributed by atoms with E-state index in [4.69, 9.17) is 4.74 Å². The van der Waals surface area contributed by atoms with E-state index in [0.29, 0.717) is 13.1 Å². The molecule has 5 heteroatoms. The molecule has 0 aliphatic carbocycles. The molecule has 3 aromatic rings. The van der Waals surface area contributed by atoms with Crippen molar-refractivity contribution < 1.29 is 12.4 Å². The van der Waals surface area contributed by atoms with Crippen molar-refractivity contribution in [3.8, 4) is 16.9 Å². The number of benzene rings is 2. The summed E-state index contributed by atoms with van der Waals surface area (Å²) in [5, 5.41) is 5.75. The molecule has 1 aromatic heterocycles. The molecule has 166 valence electrons. The number of ether oxygens (including phenoxy) is 1. The number of rotatable bonds is 12. The highest BCUT2D eigenvalue weighted by Crippen LogP contribution is 2.29. The number of nitrogens with zero attached hydrogens (tertiary/aromatic N) is 1. The zero-order valence-corrected chi connectivity index (χ0v) is 17.9. The summed E-state index contributed by atoms with van der Waals surface area (Å²) >= 11 is 0. The molecule has 0 spiro atoms. The van der Waals surface area contributed by atoms with E-state index >= 15 is 0 Å². The van der Waals surface area contributed by atoms with Crippen LogP contribution in [0.15, 0.2) is 79.1 Å². The average Bonchev–Trinajstić information content (AvgIpc) is 2.83. The van der Waals surface area contributed by atoms with Crippen LogP contribution in [0.2, 0.25) is 0 Å². The molecule has 0 bridgehead atoms. The number of pyridine rings is 1. The molecule has 5 nitrogen and oxygen atoms in total. The minimum Gasteiger partial charge on any atom is -0.493 e. The van der Waals surface area contributed by atoms with Crippen molar-refractivity contribution in [2.45, 2.75) is 38.6 Å². The van der Waals surface area contributed by atoms with Gasteiger partial charge in [-0.1, -0.05) is 73.9 Å². The van der Waals surface area contributed by atoms with E-state index in [-0.39, 0.29) is 8.88 Å². The van der Waals surface area contributed by atoms with Gasteiger partial charge in [-0.05, 0) is 36.1 Å². The molecule has 31 heavy (non-hydrogen) atoms. The number of carbonyl (C=O) groups is 1. The van der Waals surface area contributed by atoms with Crippen molar-refractivity contribution in [2.24, 2.45) is 0 Å². The highest BCUT2D eigenvalue weighted by Gasteiger charge is 2.05. The van der Waals surface area contributed by atoms with Crippen molar-refractivity contribution in [1.29, 1.82) is 0 Å². The topological polar surface area (TPSA) is 63.2 Å². The number of amides is 2. The number of urea groups is 1. The molecule has 0 saturated heterocycles. The van der Waals surface area contributed by atoms with E-state index in [1.54, 1.807) is 12.4 Å². The molecular formula is C26H35N3O2. The maximum absolute atomic E-state index is 11.8. The predicted octanol–water partition coefficient (Wildman–Crippen LogP) is 6.07. The van der Waals surface area contributed by atoms with E-state index in [2.05, 4.69) is 33.8 Å². The first-order valence-electron chi connectivity index (χ1n) is 11.0. The van der Waals surface area contributed by atoms with Gasteiger partial charge >= 0.3 is 6.03 Å². The summed E-state index contributed by atoms with van der Waals surface area (Å²) in [6.07, 6.45) is 8.86. The highest BCUT2D eigenvalue weighted by atomic mass is 16.5. The van der Waals surface area contributed by atoms with Crippen LogP contribution in [0.3, 0.4) is 0 Å². The molecular weight excluding hydrogens is 386 g/mol. The van der Waals surface area contributed by atoms with E-state index < -0.39 is 0 Å². The number of nitrogens with one attached hydrogen (secondary N) is 2. The van der Waals surface area contributed by atoms with Gasteiger partial charge in [0.15, 0.2) is 0 Å². The van der Waals surface area contributed by atoms with Gasteiger partial charge in [-0.2, -0.15) is 0 Å². The van der Waals surface area contributed by atoms with Crippen LogP contribution in [0.25, 0.3) is 11.1 Å². The molecule has 3 rings (SSSR count). The van der Waals surface area contributed by atoms with E-state index in [1.165, 1.54) is 5.56 Å². The lowest BCUT2D eigenvalue weighted by Gasteiger charge is -2.11. The van der Waals surface area contributed by atoms with Gasteiger partial charge in [0.05, 0.1) is 6.61 Å². The number of aromatic nitrogens is 1. The van der Waals surface area contributed by atoms with Gasteiger partial charge in [0.1, 0.15) is 5.75 Å². The van der Waals surface area contributed by atoms with Crippen molar-refractivity contribution in [1.82, 2.24) is 15.6 Å². The summed E-state index contributed by atoms with van der Waals surface area (Å²) < 4.78 is 6.04. The highest BCUT2D eigenvalue weighted by molar-refractivity contribution is 5.73. The van der Waals surface area contributed by atoms with Gasteiger partial charge in [-0.15, -0.1) is 0 Å². The molecule has 0 aliphatic rings. The minimum atomic E-state index is -0.130. The average molecular weight is 422 g/mol. The van der Waals surface area contributed by atoms with Gasteiger partial charge in [0, 0.05) is 33.9 Å². The number of hydrogen-bond donors (Lipinski definition) is 2. The van der Waals surface area contributed by atoms with Crippen molar-refractivity contribution in [3.05, 3.63) is 84.7 Å². The summed E-state index contributed by atoms with van der Waals surface area (Å²) in [6, 6.07) is 22.2. The quantitative estimate of drug-likeness (QED) is 0.349. The second-order valence-electron chi connectivity index (χ2n) is 7.45. The Morgan fingerprint density at radius 3 is 2.45 bits per heavy atom. The van der Waals surface area contributed by atoms with Crippen LogP contribution in [0, 0.1) is 0 Å². The summed E-state index contributed by atoms with van der Waals surface area (Å²) in [5.41, 5.74) is 3.30. The Morgan fingerprint density at radius 1 is 0.839 bits per heavy atom. The van der Waals surface area contributed by atoms with Crippen molar-refractivity contribution >= 4 is 6.03 Å². The Morgan fingerprint density at radius 2 is 1.61 bits per heavy atom. The summed E-state index contributed by atoms with van der Waals surface area (Å²) in [4.78, 5) is 15.8. The monoisotopic (exact) mass is 421 g/mol. The number of unbranched alkanes of at least 4 members (excludes halogenated alkanes) is 4. The van der Waals surface area contributed by atoms with Gasteiger partial charge in [0.25, 0.3) is 0 Å². The maximum Gasteiger partial charge on any atom is 0.315 e. The number of para-hydroxylation sites is 1. The van der Waals surface area contributed by atoms with Crippen LogP contribution in [0.5, 0.6) is 5.75 Å². The fourth-order valence-electron chi connectivity index (χ4n) is 3.34. The second-order valence-corrected chi connectivity index (χ2v) is 7.45. The van der Waals surface area contributed by atoms with E-state index in [0.717, 1.165) is 55.6 Å². The fourth-order valence-corrected chi connectivity index (χ4v) is 3.34. The molecule has 2 amide bonds. The van der Waals surface area contributed by atoms with Crippen LogP contribution in [-0.2, 0) is 6.54 Å². The third-order valence-electron chi connectivity index (χ3n) is 5.01. The summed E-state index contributed by atoms with van der Waals surface area (Å²) in [5.74, 6) is 0.940. The molecule has 2 aromatic carbocycles. The Bertz CT molecular complexity index is 912. The number of carbonyl (C=O) groups excluding carboxylic acids is 1. The van der Waals surface area contributed by atoms with E-state index in [9.17, 15) is 4.79 Å². The van der Waals surface area contributed by atoms with Gasteiger partial charge in [0.2, 0.25) is 0 Å². The zero-order valence-electron chi connectivity index (χ0n) is 17.9. The smallest absolute Gasteiger partial charge is 0.315 e. The van der Waals surface area contributed by atoms with Crippen LogP contribution < -0.4 is 15.4 Å². The maximum atomic E-state index is 11.8. The molecule has 0 unspecified atom stereocenters. The minimum absolute atomic E-state index is 0. The molecule has 0 fully saturated rings. The Hall–Kier alpha value is -3.34. The lowest BCUT2D eigenvalue weighted by atomic mass is 10.1. The summed E-state index contributed by atoms with van der Waals surface area (Å²) in [7, 11) is 0. The fraction of sp³-hybridized carbons (Fsp3) is 0.308. The molecule has 0 radical (unpaired) electrons. The Kier molecular flexibility index (Phi) is 9.42. The molecule has 2 N–H and O–H groups in total. The molecule has 0 saturated carbocycles. The summed E-state index contributed by atoms with van der Waals surface area (Å²) in [6.45, 7) is 1.91. The van der Waals surface area contributed by atoms with Crippen molar-refractivity contribution in [2.75, 3.05) is 13.2 Å². The van der Waals surface area contributed by atoms with Gasteiger partial charge in [-0.25, -0.2) is 4.79 Å². The third kappa shape index (κ3) is 8.13. The van der Waals surface area contributed by atoms with Crippen molar-refractivity contribution in [3.63, 3.8) is 0 Å². The first-order valence-corrected chi connectivity index (χ1v) is 11.0. The normalized spacial score (nSPS) is 10.5. The van der Waals surface area contributed by atoms with Crippen LogP contribution in [-0.4, -0.2) is 24.2 Å². The Balaban J connectivity index is 0.00000272. The van der Waals surface area contributed by atoms with Gasteiger partial charge in [-0.3, -0.25) is 4.98 Å². The van der Waals surface area contributed by atoms with Gasteiger partial charge < -0.3 is 15.4 Å². The lowest BCUT2D eigenvalue weighted by molar-refractivity contribution is 0.240. The van der Waals surface area contributed by atoms with E-state index in [1.807, 2.05) is 48.5 Å². The van der Waals surface area contributed by atoms with Crippen LogP contribution >= 0.6 is 0 Å². The first-order chi connectivity index (χ1) is 15.3. The number of hydrogen-bond acceptors (Lipinski definition) is 3. The molecule has 0 aliphatic heterocycles. The molecule has 0 atom stereocenters. The standard InChI is InChI=1S/C26H31N3O2.2H2/c30-26(29-21-22-12-11-17-27-20-22)28-18-9-2-1-3-10-19-31-25-16-8-7-15-24(25)23-13-5-4-6-14-23;;/h4-8,11-17,20H,1-3,9-10,18-19,21H2,(H2,28,29,30);2*1H. The third-order valence-corrected chi connectivity index (χ3v) is 5.01. The SMILES string of the molecule is O=C(NCCCCCCCOc1ccccc1-c1ccccc1)NCc1cccnc1.[HH].[HH]. The second kappa shape index (κ2) is 13.1. The van der Waals surface area contributed by atoms with Crippen LogP contribution in [0.1, 0.15) is 40.5 Å². The molecule has 1 heterocycles. The Labute approximate surface area is 187 Å². The predicted molar refractivity (Wildman–Crippen MR) is 129 cm³/mol. The zero-order chi connectivity index (χ0) is 21.6. The van der Waals surface area contributed by atoms with Crippen LogP contribution in [0.4, 0.5) is 4.79 Å². The lowest BCUT2D eigenvalue weighted by Crippen LogP contribution is -2.35. The largest absolute Gasteiger partial charge is 0.493 e. The first kappa shape index (κ1) is 22.3.